The number of aryl methyl sites for hydroxylation is 3. The van der Waals surface area contributed by atoms with E-state index >= 15 is 0 Å². The van der Waals surface area contributed by atoms with E-state index in [0.29, 0.717) is 5.88 Å². The van der Waals surface area contributed by atoms with Gasteiger partial charge in [0.25, 0.3) is 0 Å². The first-order valence-electron chi connectivity index (χ1n) is 6.72. The smallest absolute Gasteiger partial charge is 0.129 e. The number of aromatic nitrogens is 2. The van der Waals surface area contributed by atoms with Gasteiger partial charge in [-0.05, 0) is 49.6 Å². The van der Waals surface area contributed by atoms with Gasteiger partial charge < -0.3 is 0 Å². The van der Waals surface area contributed by atoms with Crippen molar-refractivity contribution in [2.75, 3.05) is 0 Å². The third-order valence-corrected chi connectivity index (χ3v) is 3.91. The fourth-order valence-corrected chi connectivity index (χ4v) is 2.83. The van der Waals surface area contributed by atoms with Gasteiger partial charge in [0.05, 0.1) is 22.6 Å². The Hall–Kier alpha value is -1.80. The molecular weight excluding hydrogens is 268 g/mol. The molecule has 0 aliphatic rings. The Bertz CT molecular complexity index is 787. The summed E-state index contributed by atoms with van der Waals surface area (Å²) >= 11 is 6.11. The van der Waals surface area contributed by atoms with Crippen LogP contribution in [0.1, 0.15) is 22.5 Å². The predicted octanol–water partition coefficient (Wildman–Crippen LogP) is 4.69. The minimum atomic E-state index is 0.404. The van der Waals surface area contributed by atoms with Gasteiger partial charge in [-0.15, -0.1) is 11.6 Å². The lowest BCUT2D eigenvalue weighted by molar-refractivity contribution is 0.967. The van der Waals surface area contributed by atoms with Crippen LogP contribution in [0.2, 0.25) is 0 Å². The number of para-hydroxylation sites is 1. The van der Waals surface area contributed by atoms with Crippen LogP contribution in [0.3, 0.4) is 0 Å². The van der Waals surface area contributed by atoms with E-state index in [1.54, 1.807) is 0 Å². The van der Waals surface area contributed by atoms with Crippen molar-refractivity contribution in [3.05, 3.63) is 58.9 Å². The monoisotopic (exact) mass is 284 g/mol. The van der Waals surface area contributed by atoms with Crippen LogP contribution in [0.25, 0.3) is 16.7 Å². The molecule has 0 saturated heterocycles. The van der Waals surface area contributed by atoms with Crippen LogP contribution in [0.15, 0.2) is 36.4 Å². The van der Waals surface area contributed by atoms with Crippen LogP contribution in [-0.4, -0.2) is 9.55 Å². The van der Waals surface area contributed by atoms with Crippen molar-refractivity contribution in [2.24, 2.45) is 0 Å². The van der Waals surface area contributed by atoms with E-state index in [9.17, 15) is 0 Å². The summed E-state index contributed by atoms with van der Waals surface area (Å²) in [6.45, 7) is 6.34. The van der Waals surface area contributed by atoms with Crippen molar-refractivity contribution in [1.29, 1.82) is 0 Å². The fraction of sp³-hybridized carbons (Fsp3) is 0.235. The van der Waals surface area contributed by atoms with Crippen molar-refractivity contribution >= 4 is 22.6 Å². The van der Waals surface area contributed by atoms with E-state index < -0.39 is 0 Å². The average molecular weight is 285 g/mol. The van der Waals surface area contributed by atoms with Gasteiger partial charge in [-0.25, -0.2) is 4.98 Å². The van der Waals surface area contributed by atoms with Crippen LogP contribution >= 0.6 is 11.6 Å². The molecule has 3 aromatic rings. The summed E-state index contributed by atoms with van der Waals surface area (Å²) in [5.74, 6) is 1.30. The number of hydrogen-bond acceptors (Lipinski definition) is 1. The van der Waals surface area contributed by atoms with Gasteiger partial charge in [-0.2, -0.15) is 0 Å². The highest BCUT2D eigenvalue weighted by Gasteiger charge is 2.14. The lowest BCUT2D eigenvalue weighted by atomic mass is 10.1. The minimum absolute atomic E-state index is 0.404. The molecule has 0 N–H and O–H groups in total. The quantitative estimate of drug-likeness (QED) is 0.624. The van der Waals surface area contributed by atoms with E-state index in [4.69, 9.17) is 11.6 Å². The third-order valence-electron chi connectivity index (χ3n) is 3.67. The second-order valence-corrected chi connectivity index (χ2v) is 5.50. The Morgan fingerprint density at radius 1 is 1.05 bits per heavy atom. The third kappa shape index (κ3) is 2.01. The fourth-order valence-electron chi connectivity index (χ4n) is 2.65. The topological polar surface area (TPSA) is 17.8 Å². The SMILES string of the molecule is Cc1ccc(C)c(-n2c(CCl)nc3cccc(C)c32)c1. The van der Waals surface area contributed by atoms with Crippen LogP contribution < -0.4 is 0 Å². The number of nitrogens with zero attached hydrogens (tertiary/aromatic N) is 2. The Morgan fingerprint density at radius 2 is 1.85 bits per heavy atom. The molecule has 3 rings (SSSR count). The largest absolute Gasteiger partial charge is 0.295 e. The number of rotatable bonds is 2. The van der Waals surface area contributed by atoms with E-state index in [1.165, 1.54) is 16.7 Å². The highest BCUT2D eigenvalue weighted by Crippen LogP contribution is 2.27. The van der Waals surface area contributed by atoms with Crippen LogP contribution in [0, 0.1) is 20.8 Å². The molecule has 0 amide bonds. The van der Waals surface area contributed by atoms with Crippen molar-refractivity contribution < 1.29 is 0 Å². The highest BCUT2D eigenvalue weighted by molar-refractivity contribution is 6.17. The molecule has 0 fully saturated rings. The van der Waals surface area contributed by atoms with Crippen molar-refractivity contribution in [3.8, 4) is 5.69 Å². The van der Waals surface area contributed by atoms with Gasteiger partial charge in [0.2, 0.25) is 0 Å². The number of benzene rings is 2. The van der Waals surface area contributed by atoms with Crippen LogP contribution in [-0.2, 0) is 5.88 Å². The number of alkyl halides is 1. The first kappa shape index (κ1) is 13.2. The standard InChI is InChI=1S/C17H17ClN2/c1-11-7-8-12(2)15(9-11)20-16(10-18)19-14-6-4-5-13(3)17(14)20/h4-9H,10H2,1-3H3. The zero-order chi connectivity index (χ0) is 14.3. The van der Waals surface area contributed by atoms with E-state index in [-0.39, 0.29) is 0 Å². The molecule has 20 heavy (non-hydrogen) atoms. The van der Waals surface area contributed by atoms with Gasteiger partial charge in [0.1, 0.15) is 5.82 Å². The molecule has 1 heterocycles. The van der Waals surface area contributed by atoms with Gasteiger partial charge in [-0.3, -0.25) is 4.57 Å². The Morgan fingerprint density at radius 3 is 2.60 bits per heavy atom. The van der Waals surface area contributed by atoms with Crippen LogP contribution in [0.4, 0.5) is 0 Å². The first-order chi connectivity index (χ1) is 9.61. The van der Waals surface area contributed by atoms with Crippen LogP contribution in [0.5, 0.6) is 0 Å². The maximum atomic E-state index is 6.11. The van der Waals surface area contributed by atoms with Gasteiger partial charge in [-0.1, -0.05) is 24.3 Å². The Labute approximate surface area is 124 Å². The van der Waals surface area contributed by atoms with E-state index in [1.807, 2.05) is 12.1 Å². The van der Waals surface area contributed by atoms with E-state index in [2.05, 4.69) is 54.6 Å². The molecule has 0 bridgehead atoms. The lowest BCUT2D eigenvalue weighted by Crippen LogP contribution is -2.02. The second-order valence-electron chi connectivity index (χ2n) is 5.23. The molecule has 0 aliphatic carbocycles. The highest BCUT2D eigenvalue weighted by atomic mass is 35.5. The van der Waals surface area contributed by atoms with Crippen molar-refractivity contribution in [2.45, 2.75) is 26.7 Å². The summed E-state index contributed by atoms with van der Waals surface area (Å²) in [5, 5.41) is 0. The molecule has 0 spiro atoms. The first-order valence-corrected chi connectivity index (χ1v) is 7.26. The normalized spacial score (nSPS) is 11.2. The summed E-state index contributed by atoms with van der Waals surface area (Å²) < 4.78 is 2.19. The number of halogens is 1. The predicted molar refractivity (Wildman–Crippen MR) is 84.8 cm³/mol. The summed E-state index contributed by atoms with van der Waals surface area (Å²) in [4.78, 5) is 4.67. The number of fused-ring (bicyclic) bond motifs is 1. The van der Waals surface area contributed by atoms with Crippen molar-refractivity contribution in [3.63, 3.8) is 0 Å². The molecule has 0 atom stereocenters. The Balaban J connectivity index is 2.42. The molecule has 0 aliphatic heterocycles. The molecule has 3 heteroatoms. The average Bonchev–Trinajstić information content (AvgIpc) is 2.81. The Kier molecular flexibility index (Phi) is 3.27. The molecule has 2 nitrogen and oxygen atoms in total. The summed E-state index contributed by atoms with van der Waals surface area (Å²) in [5.41, 5.74) is 6.99. The molecule has 0 radical (unpaired) electrons. The number of hydrogen-bond donors (Lipinski definition) is 0. The maximum Gasteiger partial charge on any atom is 0.129 e. The minimum Gasteiger partial charge on any atom is -0.295 e. The zero-order valence-electron chi connectivity index (χ0n) is 11.9. The van der Waals surface area contributed by atoms with Gasteiger partial charge in [0.15, 0.2) is 0 Å². The molecule has 2 aromatic carbocycles. The molecule has 1 aromatic heterocycles. The van der Waals surface area contributed by atoms with E-state index in [0.717, 1.165) is 22.5 Å². The number of imidazole rings is 1. The molecule has 102 valence electrons. The summed E-state index contributed by atoms with van der Waals surface area (Å²) in [7, 11) is 0. The molecule has 0 saturated carbocycles. The zero-order valence-corrected chi connectivity index (χ0v) is 12.7. The maximum absolute atomic E-state index is 6.11. The molecular formula is C17H17ClN2. The van der Waals surface area contributed by atoms with Gasteiger partial charge in [0, 0.05) is 0 Å². The lowest BCUT2D eigenvalue weighted by Gasteiger charge is -2.13. The summed E-state index contributed by atoms with van der Waals surface area (Å²) in [6, 6.07) is 12.7. The van der Waals surface area contributed by atoms with Crippen molar-refractivity contribution in [1.82, 2.24) is 9.55 Å². The second kappa shape index (κ2) is 4.95. The molecule has 0 unspecified atom stereocenters. The van der Waals surface area contributed by atoms with Gasteiger partial charge >= 0.3 is 0 Å². The summed E-state index contributed by atoms with van der Waals surface area (Å²) in [6.07, 6.45) is 0.